The van der Waals surface area contributed by atoms with Gasteiger partial charge in [-0.2, -0.15) is 5.26 Å². The second kappa shape index (κ2) is 6.21. The molecule has 1 rings (SSSR count). The zero-order valence-electron chi connectivity index (χ0n) is 9.99. The number of amides is 2. The van der Waals surface area contributed by atoms with E-state index in [-0.39, 0.29) is 18.2 Å². The Morgan fingerprint density at radius 3 is 2.50 bits per heavy atom. The Hall–Kier alpha value is -2.61. The fraction of sp³-hybridized carbons (Fsp3) is 0.154. The molecule has 0 fully saturated rings. The fourth-order valence-electron chi connectivity index (χ4n) is 1.19. The summed E-state index contributed by atoms with van der Waals surface area (Å²) in [5.41, 5.74) is 1.47. The number of nitrogens with one attached hydrogen (secondary N) is 2. The third-order valence-electron chi connectivity index (χ3n) is 2.03. The molecule has 0 aromatic heterocycles. The first-order chi connectivity index (χ1) is 8.52. The van der Waals surface area contributed by atoms with Crippen molar-refractivity contribution in [2.75, 3.05) is 10.6 Å². The number of carbonyl (C=O) groups excluding carboxylic acids is 2. The van der Waals surface area contributed by atoms with E-state index >= 15 is 0 Å². The Morgan fingerprint density at radius 2 is 1.94 bits per heavy atom. The molecule has 5 nitrogen and oxygen atoms in total. The van der Waals surface area contributed by atoms with Crippen LogP contribution in [0.2, 0.25) is 0 Å². The van der Waals surface area contributed by atoms with Crippen molar-refractivity contribution in [2.24, 2.45) is 0 Å². The largest absolute Gasteiger partial charge is 0.325 e. The van der Waals surface area contributed by atoms with Crippen molar-refractivity contribution in [1.82, 2.24) is 0 Å². The average Bonchev–Trinajstić information content (AvgIpc) is 2.29. The minimum Gasteiger partial charge on any atom is -0.325 e. The molecule has 18 heavy (non-hydrogen) atoms. The van der Waals surface area contributed by atoms with Crippen molar-refractivity contribution < 1.29 is 9.59 Å². The summed E-state index contributed by atoms with van der Waals surface area (Å²) in [4.78, 5) is 22.6. The summed E-state index contributed by atoms with van der Waals surface area (Å²) in [6.07, 6.45) is -0.206. The van der Waals surface area contributed by atoms with Gasteiger partial charge in [0.15, 0.2) is 0 Å². The fourth-order valence-corrected chi connectivity index (χ4v) is 1.19. The van der Waals surface area contributed by atoms with Gasteiger partial charge in [-0.1, -0.05) is 12.6 Å². The van der Waals surface area contributed by atoms with Crippen LogP contribution in [-0.4, -0.2) is 11.8 Å². The molecule has 2 N–H and O–H groups in total. The van der Waals surface area contributed by atoms with Crippen molar-refractivity contribution in [3.63, 3.8) is 0 Å². The van der Waals surface area contributed by atoms with E-state index in [1.165, 1.54) is 0 Å². The molecular formula is C13H13N3O2. The van der Waals surface area contributed by atoms with Crippen LogP contribution < -0.4 is 10.6 Å². The highest BCUT2D eigenvalue weighted by atomic mass is 16.2. The van der Waals surface area contributed by atoms with Gasteiger partial charge in [0.2, 0.25) is 5.91 Å². The molecule has 0 radical (unpaired) electrons. The molecule has 0 heterocycles. The van der Waals surface area contributed by atoms with E-state index in [0.717, 1.165) is 0 Å². The van der Waals surface area contributed by atoms with E-state index in [9.17, 15) is 9.59 Å². The number of hydrogen-bond donors (Lipinski definition) is 2. The zero-order valence-corrected chi connectivity index (χ0v) is 9.99. The molecule has 0 aliphatic carbocycles. The summed E-state index contributed by atoms with van der Waals surface area (Å²) in [6, 6.07) is 8.42. The number of hydrogen-bond acceptors (Lipinski definition) is 3. The highest BCUT2D eigenvalue weighted by Crippen LogP contribution is 2.15. The summed E-state index contributed by atoms with van der Waals surface area (Å²) < 4.78 is 0. The first kappa shape index (κ1) is 13.5. The van der Waals surface area contributed by atoms with E-state index in [1.54, 1.807) is 37.3 Å². The van der Waals surface area contributed by atoms with Gasteiger partial charge in [-0.15, -0.1) is 0 Å². The summed E-state index contributed by atoms with van der Waals surface area (Å²) >= 11 is 0. The second-order valence-corrected chi connectivity index (χ2v) is 3.70. The summed E-state index contributed by atoms with van der Waals surface area (Å²) in [7, 11) is 0. The van der Waals surface area contributed by atoms with Crippen LogP contribution in [-0.2, 0) is 9.59 Å². The van der Waals surface area contributed by atoms with Gasteiger partial charge in [0, 0.05) is 16.9 Å². The van der Waals surface area contributed by atoms with E-state index < -0.39 is 0 Å². The average molecular weight is 243 g/mol. The first-order valence-electron chi connectivity index (χ1n) is 5.26. The third-order valence-corrected chi connectivity index (χ3v) is 2.03. The molecule has 1 aromatic carbocycles. The first-order valence-corrected chi connectivity index (χ1v) is 5.26. The van der Waals surface area contributed by atoms with E-state index in [2.05, 4.69) is 17.2 Å². The smallest absolute Gasteiger partial charge is 0.250 e. The molecule has 0 aliphatic heterocycles. The van der Waals surface area contributed by atoms with Crippen LogP contribution in [0.15, 0.2) is 36.4 Å². The lowest BCUT2D eigenvalue weighted by Crippen LogP contribution is -2.13. The topological polar surface area (TPSA) is 82.0 Å². The predicted octanol–water partition coefficient (Wildman–Crippen LogP) is 2.05. The molecule has 0 atom stereocenters. The lowest BCUT2D eigenvalue weighted by molar-refractivity contribution is -0.115. The number of benzene rings is 1. The van der Waals surface area contributed by atoms with Gasteiger partial charge in [-0.3, -0.25) is 9.59 Å². The molecule has 5 heteroatoms. The number of anilines is 2. The number of carbonyl (C=O) groups is 2. The van der Waals surface area contributed by atoms with Crippen LogP contribution in [0.25, 0.3) is 0 Å². The van der Waals surface area contributed by atoms with Gasteiger partial charge in [-0.05, 0) is 25.1 Å². The molecular weight excluding hydrogens is 230 g/mol. The van der Waals surface area contributed by atoms with Crippen LogP contribution in [0.3, 0.4) is 0 Å². The van der Waals surface area contributed by atoms with Crippen molar-refractivity contribution in [1.29, 1.82) is 5.26 Å². The van der Waals surface area contributed by atoms with Gasteiger partial charge < -0.3 is 10.6 Å². The van der Waals surface area contributed by atoms with Crippen molar-refractivity contribution >= 4 is 23.2 Å². The molecule has 92 valence electrons. The van der Waals surface area contributed by atoms with Gasteiger partial charge in [-0.25, -0.2) is 0 Å². The minimum absolute atomic E-state index is 0.206. The van der Waals surface area contributed by atoms with Gasteiger partial charge >= 0.3 is 0 Å². The normalized spacial score (nSPS) is 9.11. The van der Waals surface area contributed by atoms with E-state index in [4.69, 9.17) is 5.26 Å². The van der Waals surface area contributed by atoms with Crippen molar-refractivity contribution in [3.8, 4) is 6.07 Å². The third kappa shape index (κ3) is 4.10. The monoisotopic (exact) mass is 243 g/mol. The molecule has 0 bridgehead atoms. The lowest BCUT2D eigenvalue weighted by atomic mass is 10.2. The molecule has 2 amide bonds. The zero-order chi connectivity index (χ0) is 13.5. The van der Waals surface area contributed by atoms with Gasteiger partial charge in [0.25, 0.3) is 5.91 Å². The molecule has 0 saturated carbocycles. The Balaban J connectivity index is 2.74. The highest BCUT2D eigenvalue weighted by molar-refractivity contribution is 6.03. The molecule has 0 aliphatic rings. The predicted molar refractivity (Wildman–Crippen MR) is 68.7 cm³/mol. The number of rotatable bonds is 4. The van der Waals surface area contributed by atoms with Gasteiger partial charge in [0.05, 0.1) is 6.07 Å². The quantitative estimate of drug-likeness (QED) is 0.794. The molecule has 1 aromatic rings. The Bertz CT molecular complexity index is 529. The van der Waals surface area contributed by atoms with E-state index in [1.807, 2.05) is 0 Å². The van der Waals surface area contributed by atoms with Crippen molar-refractivity contribution in [2.45, 2.75) is 13.3 Å². The molecule has 0 unspecified atom stereocenters. The van der Waals surface area contributed by atoms with Crippen LogP contribution in [0.1, 0.15) is 13.3 Å². The summed E-state index contributed by atoms with van der Waals surface area (Å²) in [5, 5.41) is 13.6. The standard InChI is InChI=1S/C13H13N3O2/c1-9(2)13(18)16-11-5-3-4-10(8-11)15-12(17)6-7-14/h3-5,8H,1,6H2,2H3,(H,15,17)(H,16,18). The SMILES string of the molecule is C=C(C)C(=O)Nc1cccc(NC(=O)CC#N)c1. The van der Waals surface area contributed by atoms with E-state index in [0.29, 0.717) is 16.9 Å². The Kier molecular flexibility index (Phi) is 4.64. The molecule has 0 spiro atoms. The summed E-state index contributed by atoms with van der Waals surface area (Å²) in [6.45, 7) is 5.13. The molecule has 0 saturated heterocycles. The van der Waals surface area contributed by atoms with Crippen LogP contribution >= 0.6 is 0 Å². The van der Waals surface area contributed by atoms with Crippen LogP contribution in [0.4, 0.5) is 11.4 Å². The highest BCUT2D eigenvalue weighted by Gasteiger charge is 2.05. The van der Waals surface area contributed by atoms with Crippen LogP contribution in [0, 0.1) is 11.3 Å². The minimum atomic E-state index is -0.388. The van der Waals surface area contributed by atoms with Crippen molar-refractivity contribution in [3.05, 3.63) is 36.4 Å². The summed E-state index contributed by atoms with van der Waals surface area (Å²) in [5.74, 6) is -0.670. The lowest BCUT2D eigenvalue weighted by Gasteiger charge is -2.07. The van der Waals surface area contributed by atoms with Crippen LogP contribution in [0.5, 0.6) is 0 Å². The Morgan fingerprint density at radius 1 is 1.33 bits per heavy atom. The van der Waals surface area contributed by atoms with Gasteiger partial charge in [0.1, 0.15) is 6.42 Å². The second-order valence-electron chi connectivity index (χ2n) is 3.70. The maximum atomic E-state index is 11.4. The maximum absolute atomic E-state index is 11.4. The maximum Gasteiger partial charge on any atom is 0.250 e. The number of nitriles is 1. The Labute approximate surface area is 105 Å². The number of nitrogens with zero attached hydrogens (tertiary/aromatic N) is 1.